The largest absolute Gasteiger partial charge is 0.447 e. The molecule has 5 N–H and O–H groups in total. The number of hydrogen-bond donors (Lipinski definition) is 5. The van der Waals surface area contributed by atoms with Gasteiger partial charge in [-0.25, -0.2) is 14.2 Å². The minimum atomic E-state index is -0.755. The molecule has 0 radical (unpaired) electrons. The molecular formula is C29H34ClFN6O5. The monoisotopic (exact) mass is 600 g/mol. The van der Waals surface area contributed by atoms with Crippen molar-refractivity contribution >= 4 is 46.1 Å². The summed E-state index contributed by atoms with van der Waals surface area (Å²) in [5.41, 5.74) is 0.506. The molecule has 13 heteroatoms. The van der Waals surface area contributed by atoms with E-state index in [-0.39, 0.29) is 56.1 Å². The van der Waals surface area contributed by atoms with Crippen molar-refractivity contribution in [2.24, 2.45) is 0 Å². The van der Waals surface area contributed by atoms with E-state index >= 15 is 0 Å². The number of ether oxygens (including phenoxy) is 1. The topological polar surface area (TPSA) is 145 Å². The molecule has 0 bridgehead atoms. The van der Waals surface area contributed by atoms with Gasteiger partial charge in [0.1, 0.15) is 18.2 Å². The molecule has 2 atom stereocenters. The lowest BCUT2D eigenvalue weighted by Gasteiger charge is -2.33. The van der Waals surface area contributed by atoms with Crippen molar-refractivity contribution in [3.63, 3.8) is 0 Å². The first kappa shape index (κ1) is 31.1. The van der Waals surface area contributed by atoms with Crippen LogP contribution in [0.4, 0.5) is 15.0 Å². The zero-order valence-electron chi connectivity index (χ0n) is 22.9. The molecule has 1 aromatic heterocycles. The van der Waals surface area contributed by atoms with E-state index in [2.05, 4.69) is 26.3 Å². The molecule has 4 rings (SSSR count). The number of carbonyl (C=O) groups excluding carboxylic acids is 3. The van der Waals surface area contributed by atoms with Gasteiger partial charge in [-0.1, -0.05) is 48.0 Å². The lowest BCUT2D eigenvalue weighted by Crippen LogP contribution is -2.54. The van der Waals surface area contributed by atoms with Crippen LogP contribution in [-0.2, 0) is 20.9 Å². The SMILES string of the molecule is O=C(CNCc1cccc(F)c1Cl)N[C@@H](CCC(=O)N1CCNC(CO)C1)COC(=O)Nc1cc2ccccc2cn1. The van der Waals surface area contributed by atoms with Gasteiger partial charge in [0.15, 0.2) is 0 Å². The standard InChI is InChI=1S/C29H34ClFN6O5/c30-28-21(6-3-7-24(28)31)13-32-15-26(39)35-22(8-9-27(40)37-11-10-33-23(16-37)17-38)18-42-29(41)36-25-12-19-4-1-2-5-20(19)14-34-25/h1-7,12,14,22-23,32-33,38H,8-11,13,15-18H2,(H,35,39)(H,34,36,41)/t22-,23?/m0/s1. The minimum absolute atomic E-state index is 0.0153. The summed E-state index contributed by atoms with van der Waals surface area (Å²) in [6.45, 7) is 1.26. The summed E-state index contributed by atoms with van der Waals surface area (Å²) in [6, 6.07) is 12.9. The maximum Gasteiger partial charge on any atom is 0.412 e. The Morgan fingerprint density at radius 3 is 2.81 bits per heavy atom. The van der Waals surface area contributed by atoms with Gasteiger partial charge in [0, 0.05) is 50.2 Å². The molecule has 1 aliphatic rings. The van der Waals surface area contributed by atoms with Crippen molar-refractivity contribution in [2.45, 2.75) is 31.5 Å². The van der Waals surface area contributed by atoms with Crippen LogP contribution in [0, 0.1) is 5.82 Å². The van der Waals surface area contributed by atoms with E-state index in [4.69, 9.17) is 16.3 Å². The predicted molar refractivity (Wildman–Crippen MR) is 156 cm³/mol. The number of piperazine rings is 1. The van der Waals surface area contributed by atoms with E-state index in [1.165, 1.54) is 12.1 Å². The lowest BCUT2D eigenvalue weighted by atomic mass is 10.1. The van der Waals surface area contributed by atoms with Crippen LogP contribution in [0.15, 0.2) is 54.7 Å². The Morgan fingerprint density at radius 1 is 1.19 bits per heavy atom. The van der Waals surface area contributed by atoms with Crippen molar-refractivity contribution in [3.05, 3.63) is 71.1 Å². The summed E-state index contributed by atoms with van der Waals surface area (Å²) in [7, 11) is 0. The Morgan fingerprint density at radius 2 is 2.00 bits per heavy atom. The van der Waals surface area contributed by atoms with E-state index < -0.39 is 23.9 Å². The van der Waals surface area contributed by atoms with Gasteiger partial charge in [0.2, 0.25) is 11.8 Å². The van der Waals surface area contributed by atoms with Crippen molar-refractivity contribution < 1.29 is 28.6 Å². The third-order valence-electron chi connectivity index (χ3n) is 6.81. The fourth-order valence-corrected chi connectivity index (χ4v) is 4.76. The zero-order valence-corrected chi connectivity index (χ0v) is 23.7. The number of pyridine rings is 1. The Bertz CT molecular complexity index is 1400. The highest BCUT2D eigenvalue weighted by atomic mass is 35.5. The van der Waals surface area contributed by atoms with E-state index in [0.717, 1.165) is 10.8 Å². The molecule has 3 amide bonds. The summed E-state index contributed by atoms with van der Waals surface area (Å²) in [5, 5.41) is 22.7. The van der Waals surface area contributed by atoms with E-state index in [1.54, 1.807) is 23.2 Å². The fourth-order valence-electron chi connectivity index (χ4n) is 4.57. The van der Waals surface area contributed by atoms with Crippen LogP contribution in [0.2, 0.25) is 5.02 Å². The van der Waals surface area contributed by atoms with E-state index in [1.807, 2.05) is 24.3 Å². The number of fused-ring (bicyclic) bond motifs is 1. The maximum absolute atomic E-state index is 13.7. The zero-order chi connectivity index (χ0) is 29.9. The molecule has 2 aromatic carbocycles. The Hall–Kier alpha value is -3.84. The smallest absolute Gasteiger partial charge is 0.412 e. The number of halogens is 2. The van der Waals surface area contributed by atoms with E-state index in [0.29, 0.717) is 31.0 Å². The average Bonchev–Trinajstić information content (AvgIpc) is 3.00. The van der Waals surface area contributed by atoms with Crippen molar-refractivity contribution in [1.29, 1.82) is 0 Å². The van der Waals surface area contributed by atoms with E-state index in [9.17, 15) is 23.9 Å². The molecule has 1 aliphatic heterocycles. The number of carbonyl (C=O) groups is 3. The average molecular weight is 601 g/mol. The number of nitrogens with one attached hydrogen (secondary N) is 4. The molecule has 11 nitrogen and oxygen atoms in total. The van der Waals surface area contributed by atoms with Crippen LogP contribution in [0.1, 0.15) is 18.4 Å². The third-order valence-corrected chi connectivity index (χ3v) is 7.23. The van der Waals surface area contributed by atoms with Crippen LogP contribution in [0.25, 0.3) is 10.8 Å². The second kappa shape index (κ2) is 15.4. The van der Waals surface area contributed by atoms with Crippen LogP contribution in [0.5, 0.6) is 0 Å². The summed E-state index contributed by atoms with van der Waals surface area (Å²) in [6.07, 6.45) is 1.21. The molecule has 0 aliphatic carbocycles. The van der Waals surface area contributed by atoms with Gasteiger partial charge in [-0.3, -0.25) is 14.9 Å². The van der Waals surface area contributed by atoms with Gasteiger partial charge in [-0.2, -0.15) is 0 Å². The van der Waals surface area contributed by atoms with Gasteiger partial charge in [-0.15, -0.1) is 0 Å². The first-order chi connectivity index (χ1) is 20.3. The van der Waals surface area contributed by atoms with Crippen LogP contribution in [-0.4, -0.2) is 84.4 Å². The molecule has 3 aromatic rings. The minimum Gasteiger partial charge on any atom is -0.447 e. The van der Waals surface area contributed by atoms with Crippen LogP contribution < -0.4 is 21.3 Å². The molecule has 1 saturated heterocycles. The number of aliphatic hydroxyl groups is 1. The first-order valence-corrected chi connectivity index (χ1v) is 14.0. The van der Waals surface area contributed by atoms with Gasteiger partial charge < -0.3 is 30.7 Å². The Balaban J connectivity index is 1.31. The maximum atomic E-state index is 13.7. The van der Waals surface area contributed by atoms with Gasteiger partial charge in [0.05, 0.1) is 24.2 Å². The fraction of sp³-hybridized carbons (Fsp3) is 0.379. The normalized spacial score (nSPS) is 15.7. The molecule has 2 heterocycles. The van der Waals surface area contributed by atoms with Crippen LogP contribution >= 0.6 is 11.6 Å². The summed E-state index contributed by atoms with van der Waals surface area (Å²) < 4.78 is 19.1. The summed E-state index contributed by atoms with van der Waals surface area (Å²) in [5.74, 6) is -0.762. The molecule has 1 unspecified atom stereocenters. The second-order valence-corrected chi connectivity index (χ2v) is 10.3. The Kier molecular flexibility index (Phi) is 11.4. The molecule has 1 fully saturated rings. The second-order valence-electron chi connectivity index (χ2n) is 9.93. The third kappa shape index (κ3) is 9.08. The molecular weight excluding hydrogens is 567 g/mol. The lowest BCUT2D eigenvalue weighted by molar-refractivity contribution is -0.133. The van der Waals surface area contributed by atoms with Gasteiger partial charge >= 0.3 is 6.09 Å². The van der Waals surface area contributed by atoms with Crippen molar-refractivity contribution in [3.8, 4) is 0 Å². The molecule has 0 saturated carbocycles. The summed E-state index contributed by atoms with van der Waals surface area (Å²) >= 11 is 5.98. The summed E-state index contributed by atoms with van der Waals surface area (Å²) in [4.78, 5) is 44.0. The number of aromatic nitrogens is 1. The van der Waals surface area contributed by atoms with Gasteiger partial charge in [-0.05, 0) is 29.5 Å². The number of anilines is 1. The first-order valence-electron chi connectivity index (χ1n) is 13.7. The highest BCUT2D eigenvalue weighted by Gasteiger charge is 2.24. The number of nitrogens with zero attached hydrogens (tertiary/aromatic N) is 2. The van der Waals surface area contributed by atoms with Gasteiger partial charge in [0.25, 0.3) is 0 Å². The predicted octanol–water partition coefficient (Wildman–Crippen LogP) is 2.42. The molecule has 0 spiro atoms. The Labute approximate surface area is 247 Å². The van der Waals surface area contributed by atoms with Crippen molar-refractivity contribution in [1.82, 2.24) is 25.8 Å². The quantitative estimate of drug-likeness (QED) is 0.213. The van der Waals surface area contributed by atoms with Crippen molar-refractivity contribution in [2.75, 3.05) is 44.7 Å². The highest BCUT2D eigenvalue weighted by molar-refractivity contribution is 6.31. The number of aliphatic hydroxyl groups excluding tert-OH is 1. The highest BCUT2D eigenvalue weighted by Crippen LogP contribution is 2.19. The number of amides is 3. The molecule has 224 valence electrons. The molecule has 42 heavy (non-hydrogen) atoms. The number of benzene rings is 2. The number of rotatable bonds is 12. The number of hydrogen-bond acceptors (Lipinski definition) is 8. The van der Waals surface area contributed by atoms with Crippen LogP contribution in [0.3, 0.4) is 0 Å².